The quantitative estimate of drug-likeness (QED) is 0.618. The molecule has 23 heavy (non-hydrogen) atoms. The number of nitrogens with one attached hydrogen (secondary N) is 1. The molecule has 3 rings (SSSR count). The number of carbonyl (C=O) groups excluding carboxylic acids is 1. The van der Waals surface area contributed by atoms with Crippen molar-refractivity contribution in [2.75, 3.05) is 11.1 Å². The Bertz CT molecular complexity index is 815. The van der Waals surface area contributed by atoms with Crippen LogP contribution in [0.1, 0.15) is 6.42 Å². The smallest absolute Gasteiger partial charge is 0.225 e. The second kappa shape index (κ2) is 7.62. The van der Waals surface area contributed by atoms with Crippen molar-refractivity contribution in [3.63, 3.8) is 0 Å². The van der Waals surface area contributed by atoms with Crippen LogP contribution in [-0.2, 0) is 4.79 Å². The number of fused-ring (bicyclic) bond motifs is 1. The fourth-order valence-corrected chi connectivity index (χ4v) is 3.46. The highest BCUT2D eigenvalue weighted by Gasteiger charge is 2.06. The number of para-hydroxylation sites is 1. The summed E-state index contributed by atoms with van der Waals surface area (Å²) in [5.74, 6) is 0.742. The molecule has 0 aliphatic carbocycles. The number of anilines is 1. The zero-order chi connectivity index (χ0) is 16.1. The largest absolute Gasteiger partial charge is 0.326 e. The Morgan fingerprint density at radius 1 is 1.09 bits per heavy atom. The number of halogens is 1. The molecule has 1 aromatic heterocycles. The van der Waals surface area contributed by atoms with Crippen molar-refractivity contribution in [3.8, 4) is 0 Å². The van der Waals surface area contributed by atoms with E-state index in [9.17, 15) is 4.79 Å². The number of amides is 1. The first-order chi connectivity index (χ1) is 11.2. The fraction of sp³-hybridized carbons (Fsp3) is 0.111. The third-order valence-electron chi connectivity index (χ3n) is 3.31. The van der Waals surface area contributed by atoms with Gasteiger partial charge in [0.2, 0.25) is 5.91 Å². The lowest BCUT2D eigenvalue weighted by atomic mass is 10.2. The van der Waals surface area contributed by atoms with Crippen molar-refractivity contribution in [2.45, 2.75) is 11.3 Å². The summed E-state index contributed by atoms with van der Waals surface area (Å²) in [5.41, 5.74) is 1.81. The molecule has 0 fully saturated rings. The second-order valence-corrected chi connectivity index (χ2v) is 7.04. The molecule has 0 spiro atoms. The highest BCUT2D eigenvalue weighted by molar-refractivity contribution is 9.10. The molecule has 3 aromatic rings. The van der Waals surface area contributed by atoms with Crippen molar-refractivity contribution in [1.82, 2.24) is 4.98 Å². The molecule has 1 N–H and O–H groups in total. The number of benzene rings is 2. The van der Waals surface area contributed by atoms with E-state index in [1.807, 2.05) is 54.6 Å². The zero-order valence-corrected chi connectivity index (χ0v) is 14.7. The van der Waals surface area contributed by atoms with E-state index >= 15 is 0 Å². The molecule has 0 bridgehead atoms. The van der Waals surface area contributed by atoms with Crippen LogP contribution in [0, 0.1) is 0 Å². The number of rotatable bonds is 5. The molecule has 0 saturated heterocycles. The number of thioether (sulfide) groups is 1. The van der Waals surface area contributed by atoms with Crippen LogP contribution in [0.25, 0.3) is 10.9 Å². The molecule has 1 heterocycles. The minimum atomic E-state index is 0.0213. The van der Waals surface area contributed by atoms with Crippen LogP contribution in [-0.4, -0.2) is 16.6 Å². The van der Waals surface area contributed by atoms with Crippen molar-refractivity contribution in [3.05, 3.63) is 65.3 Å². The molecule has 0 atom stereocenters. The minimum absolute atomic E-state index is 0.0213. The molecular formula is C18H15BrN2OS. The lowest BCUT2D eigenvalue weighted by Gasteiger charge is -2.07. The number of hydrogen-bond donors (Lipinski definition) is 1. The van der Waals surface area contributed by atoms with Crippen molar-refractivity contribution < 1.29 is 4.79 Å². The number of nitrogens with zero attached hydrogens (tertiary/aromatic N) is 1. The van der Waals surface area contributed by atoms with Crippen LogP contribution in [0.4, 0.5) is 5.69 Å². The third kappa shape index (κ3) is 4.33. The van der Waals surface area contributed by atoms with E-state index in [0.717, 1.165) is 31.7 Å². The third-order valence-corrected chi connectivity index (χ3v) is 4.89. The molecule has 5 heteroatoms. The van der Waals surface area contributed by atoms with E-state index in [2.05, 4.69) is 26.2 Å². The van der Waals surface area contributed by atoms with E-state index in [-0.39, 0.29) is 5.91 Å². The lowest BCUT2D eigenvalue weighted by molar-refractivity contribution is -0.115. The molecule has 0 aliphatic heterocycles. The van der Waals surface area contributed by atoms with E-state index in [1.54, 1.807) is 18.0 Å². The lowest BCUT2D eigenvalue weighted by Crippen LogP contribution is -2.12. The van der Waals surface area contributed by atoms with Crippen LogP contribution in [0.5, 0.6) is 0 Å². The Hall–Kier alpha value is -1.85. The van der Waals surface area contributed by atoms with Gasteiger partial charge in [-0.2, -0.15) is 0 Å². The molecule has 116 valence electrons. The number of aromatic nitrogens is 1. The normalized spacial score (nSPS) is 10.7. The van der Waals surface area contributed by atoms with Gasteiger partial charge in [-0.3, -0.25) is 9.78 Å². The molecule has 2 aromatic carbocycles. The van der Waals surface area contributed by atoms with Crippen molar-refractivity contribution >= 4 is 50.2 Å². The fourth-order valence-electron chi connectivity index (χ4n) is 2.20. The number of pyridine rings is 1. The summed E-state index contributed by atoms with van der Waals surface area (Å²) in [6.45, 7) is 0. The summed E-state index contributed by atoms with van der Waals surface area (Å²) < 4.78 is 0.995. The molecule has 0 radical (unpaired) electrons. The number of carbonyl (C=O) groups is 1. The maximum Gasteiger partial charge on any atom is 0.225 e. The average molecular weight is 387 g/mol. The second-order valence-electron chi connectivity index (χ2n) is 4.98. The van der Waals surface area contributed by atoms with E-state index < -0.39 is 0 Å². The molecule has 1 amide bonds. The highest BCUT2D eigenvalue weighted by atomic mass is 79.9. The Morgan fingerprint density at radius 2 is 1.87 bits per heavy atom. The summed E-state index contributed by atoms with van der Waals surface area (Å²) in [6, 6.07) is 17.7. The predicted molar refractivity (Wildman–Crippen MR) is 99.9 cm³/mol. The molecule has 0 saturated carbocycles. The average Bonchev–Trinajstić information content (AvgIpc) is 2.57. The van der Waals surface area contributed by atoms with Gasteiger partial charge >= 0.3 is 0 Å². The highest BCUT2D eigenvalue weighted by Crippen LogP contribution is 2.26. The summed E-state index contributed by atoms with van der Waals surface area (Å²) in [4.78, 5) is 17.5. The van der Waals surface area contributed by atoms with Gasteiger partial charge in [0.15, 0.2) is 0 Å². The van der Waals surface area contributed by atoms with Gasteiger partial charge in [-0.05, 0) is 36.4 Å². The van der Waals surface area contributed by atoms with Crippen LogP contribution in [0.2, 0.25) is 0 Å². The van der Waals surface area contributed by atoms with Crippen LogP contribution in [0.15, 0.2) is 70.2 Å². The minimum Gasteiger partial charge on any atom is -0.326 e. The Kier molecular flexibility index (Phi) is 5.31. The topological polar surface area (TPSA) is 42.0 Å². The maximum atomic E-state index is 12.0. The van der Waals surface area contributed by atoms with Gasteiger partial charge in [-0.15, -0.1) is 11.8 Å². The van der Waals surface area contributed by atoms with Gasteiger partial charge < -0.3 is 5.32 Å². The SMILES string of the molecule is O=C(CCSc1cccc2cccnc12)Nc1ccc(Br)cc1. The first kappa shape index (κ1) is 16.0. The van der Waals surface area contributed by atoms with Gasteiger partial charge in [0.1, 0.15) is 0 Å². The first-order valence-corrected chi connectivity index (χ1v) is 9.02. The Labute approximate surface area is 147 Å². The predicted octanol–water partition coefficient (Wildman–Crippen LogP) is 5.12. The van der Waals surface area contributed by atoms with Crippen LogP contribution < -0.4 is 5.32 Å². The van der Waals surface area contributed by atoms with E-state index in [1.165, 1.54) is 0 Å². The van der Waals surface area contributed by atoms with Crippen molar-refractivity contribution in [2.24, 2.45) is 0 Å². The van der Waals surface area contributed by atoms with Crippen LogP contribution in [0.3, 0.4) is 0 Å². The molecule has 0 aliphatic rings. The van der Waals surface area contributed by atoms with Crippen LogP contribution >= 0.6 is 27.7 Å². The summed E-state index contributed by atoms with van der Waals surface area (Å²) in [7, 11) is 0. The Morgan fingerprint density at radius 3 is 2.70 bits per heavy atom. The zero-order valence-electron chi connectivity index (χ0n) is 12.3. The van der Waals surface area contributed by atoms with Gasteiger partial charge in [-0.1, -0.05) is 34.1 Å². The van der Waals surface area contributed by atoms with Gasteiger partial charge in [0.25, 0.3) is 0 Å². The summed E-state index contributed by atoms with van der Waals surface area (Å²) in [5, 5.41) is 4.03. The van der Waals surface area contributed by atoms with Gasteiger partial charge in [0, 0.05) is 38.8 Å². The van der Waals surface area contributed by atoms with Gasteiger partial charge in [0.05, 0.1) is 5.52 Å². The van der Waals surface area contributed by atoms with Gasteiger partial charge in [-0.25, -0.2) is 0 Å². The molecule has 3 nitrogen and oxygen atoms in total. The van der Waals surface area contributed by atoms with E-state index in [4.69, 9.17) is 0 Å². The van der Waals surface area contributed by atoms with E-state index in [0.29, 0.717) is 6.42 Å². The summed E-state index contributed by atoms with van der Waals surface area (Å²) in [6.07, 6.45) is 2.26. The number of hydrogen-bond acceptors (Lipinski definition) is 3. The van der Waals surface area contributed by atoms with Crippen molar-refractivity contribution in [1.29, 1.82) is 0 Å². The summed E-state index contributed by atoms with van der Waals surface area (Å²) >= 11 is 5.04. The monoisotopic (exact) mass is 386 g/mol. The standard InChI is InChI=1S/C18H15BrN2OS/c19-14-6-8-15(9-7-14)21-17(22)10-12-23-16-5-1-3-13-4-2-11-20-18(13)16/h1-9,11H,10,12H2,(H,21,22). The molecular weight excluding hydrogens is 372 g/mol. The first-order valence-electron chi connectivity index (χ1n) is 7.24. The maximum absolute atomic E-state index is 12.0. The Balaban J connectivity index is 1.56. The molecule has 0 unspecified atom stereocenters.